The smallest absolute Gasteiger partial charge is 0.163 e. The van der Waals surface area contributed by atoms with Crippen LogP contribution >= 0.6 is 11.6 Å². The van der Waals surface area contributed by atoms with E-state index in [1.807, 2.05) is 43.5 Å². The fraction of sp³-hybridized carbons (Fsp3) is 0.360. The molecule has 0 bridgehead atoms. The third kappa shape index (κ3) is 5.38. The molecule has 0 unspecified atom stereocenters. The maximum Gasteiger partial charge on any atom is 0.163 e. The second-order valence-electron chi connectivity index (χ2n) is 8.94. The monoisotopic (exact) mass is 424 g/mol. The lowest BCUT2D eigenvalue weighted by Gasteiger charge is -2.15. The predicted molar refractivity (Wildman–Crippen MR) is 122 cm³/mol. The van der Waals surface area contributed by atoms with Crippen molar-refractivity contribution in [1.29, 1.82) is 0 Å². The van der Waals surface area contributed by atoms with Gasteiger partial charge in [-0.05, 0) is 36.5 Å². The molecule has 2 N–H and O–H groups in total. The highest BCUT2D eigenvalue weighted by Gasteiger charge is 2.18. The number of hydrogen-bond acceptors (Lipinski definition) is 3. The van der Waals surface area contributed by atoms with Gasteiger partial charge in [-0.1, -0.05) is 68.8 Å². The number of ketones is 1. The fourth-order valence-electron chi connectivity index (χ4n) is 3.33. The summed E-state index contributed by atoms with van der Waals surface area (Å²) in [6, 6.07) is 13.5. The molecule has 1 aromatic heterocycles. The molecule has 0 aliphatic heterocycles. The lowest BCUT2D eigenvalue weighted by Crippen LogP contribution is -2.15. The Morgan fingerprint density at radius 3 is 2.43 bits per heavy atom. The van der Waals surface area contributed by atoms with Crippen LogP contribution in [0.25, 0.3) is 11.4 Å². The number of carbonyl (C=O) groups is 1. The minimum absolute atomic E-state index is 0.00198. The molecule has 0 aliphatic carbocycles. The number of carbonyl (C=O) groups excluding carboxylic acids is 1. The first kappa shape index (κ1) is 22.3. The summed E-state index contributed by atoms with van der Waals surface area (Å²) in [5, 5.41) is 10.4. The molecule has 4 nitrogen and oxygen atoms in total. The molecule has 1 atom stereocenters. The van der Waals surface area contributed by atoms with Crippen molar-refractivity contribution < 1.29 is 9.90 Å². The molecule has 0 amide bonds. The van der Waals surface area contributed by atoms with Crippen molar-refractivity contribution in [3.63, 3.8) is 0 Å². The Bertz CT molecular complexity index is 1020. The molecule has 3 aromatic rings. The highest BCUT2D eigenvalue weighted by molar-refractivity contribution is 6.31. The summed E-state index contributed by atoms with van der Waals surface area (Å²) in [6.45, 7) is 8.31. The molecule has 5 heteroatoms. The Hall–Kier alpha value is -2.43. The van der Waals surface area contributed by atoms with Gasteiger partial charge in [-0.25, -0.2) is 4.98 Å². The van der Waals surface area contributed by atoms with E-state index < -0.39 is 0 Å². The minimum Gasteiger partial charge on any atom is -0.396 e. The van der Waals surface area contributed by atoms with Crippen LogP contribution in [-0.2, 0) is 11.8 Å². The molecule has 3 rings (SSSR count). The van der Waals surface area contributed by atoms with Gasteiger partial charge >= 0.3 is 0 Å². The lowest BCUT2D eigenvalue weighted by molar-refractivity contribution is 0.0936. The number of aryl methyl sites for hydroxylation is 1. The third-order valence-electron chi connectivity index (χ3n) is 5.36. The molecule has 0 aliphatic rings. The highest BCUT2D eigenvalue weighted by Crippen LogP contribution is 2.25. The number of aromatic nitrogens is 2. The number of aliphatic hydroxyl groups excluding tert-OH is 1. The summed E-state index contributed by atoms with van der Waals surface area (Å²) in [4.78, 5) is 20.5. The number of benzene rings is 2. The van der Waals surface area contributed by atoms with E-state index in [0.717, 1.165) is 28.2 Å². The number of imidazole rings is 1. The Morgan fingerprint density at radius 1 is 1.17 bits per heavy atom. The van der Waals surface area contributed by atoms with Crippen molar-refractivity contribution in [1.82, 2.24) is 9.97 Å². The molecule has 2 aromatic carbocycles. The van der Waals surface area contributed by atoms with E-state index in [1.54, 1.807) is 12.1 Å². The van der Waals surface area contributed by atoms with Crippen LogP contribution in [0.1, 0.15) is 54.4 Å². The van der Waals surface area contributed by atoms with Crippen molar-refractivity contribution >= 4 is 17.4 Å². The topological polar surface area (TPSA) is 66.0 Å². The normalized spacial score (nSPS) is 12.7. The van der Waals surface area contributed by atoms with Gasteiger partial charge in [-0.15, -0.1) is 0 Å². The Kier molecular flexibility index (Phi) is 6.79. The van der Waals surface area contributed by atoms with E-state index in [4.69, 9.17) is 11.6 Å². The Morgan fingerprint density at radius 2 is 1.87 bits per heavy atom. The highest BCUT2D eigenvalue weighted by atomic mass is 35.5. The van der Waals surface area contributed by atoms with Gasteiger partial charge in [0, 0.05) is 46.5 Å². The molecule has 1 heterocycles. The lowest BCUT2D eigenvalue weighted by atomic mass is 9.92. The first-order valence-corrected chi connectivity index (χ1v) is 10.6. The summed E-state index contributed by atoms with van der Waals surface area (Å²) in [7, 11) is 0. The maximum absolute atomic E-state index is 12.6. The molecule has 30 heavy (non-hydrogen) atoms. The number of rotatable bonds is 7. The minimum atomic E-state index is -0.139. The van der Waals surface area contributed by atoms with Crippen molar-refractivity contribution in [2.24, 2.45) is 5.92 Å². The first-order chi connectivity index (χ1) is 14.2. The third-order valence-corrected chi connectivity index (χ3v) is 5.77. The van der Waals surface area contributed by atoms with E-state index in [2.05, 4.69) is 30.7 Å². The van der Waals surface area contributed by atoms with Gasteiger partial charge in [0.25, 0.3) is 0 Å². The number of halogens is 1. The molecule has 0 saturated heterocycles. The largest absolute Gasteiger partial charge is 0.396 e. The summed E-state index contributed by atoms with van der Waals surface area (Å²) >= 11 is 6.14. The summed E-state index contributed by atoms with van der Waals surface area (Å²) in [5.74, 6) is 0.703. The molecule has 0 saturated carbocycles. The number of aliphatic hydroxyl groups is 1. The quantitative estimate of drug-likeness (QED) is 0.474. The van der Waals surface area contributed by atoms with Gasteiger partial charge in [0.2, 0.25) is 0 Å². The van der Waals surface area contributed by atoms with Crippen LogP contribution in [0.2, 0.25) is 5.02 Å². The summed E-state index contributed by atoms with van der Waals surface area (Å²) in [6.07, 6.45) is 2.80. The fourth-order valence-corrected chi connectivity index (χ4v) is 3.51. The van der Waals surface area contributed by atoms with Gasteiger partial charge in [0.1, 0.15) is 5.82 Å². The van der Waals surface area contributed by atoms with Crippen molar-refractivity contribution in [2.45, 2.75) is 46.0 Å². The van der Waals surface area contributed by atoms with E-state index in [-0.39, 0.29) is 30.1 Å². The zero-order valence-corrected chi connectivity index (χ0v) is 18.8. The summed E-state index contributed by atoms with van der Waals surface area (Å²) < 4.78 is 0. The summed E-state index contributed by atoms with van der Waals surface area (Å²) in [5.41, 5.74) is 4.74. The SMILES string of the molecule is Cc1ccc(C(=O)C[C@H](CO)Cc2ccc(-c3ncc(C(C)(C)C)[nH]3)cc2)cc1Cl. The number of aromatic amines is 1. The Balaban J connectivity index is 1.66. The van der Waals surface area contributed by atoms with E-state index >= 15 is 0 Å². The van der Waals surface area contributed by atoms with E-state index in [1.165, 1.54) is 0 Å². The number of hydrogen-bond donors (Lipinski definition) is 2. The average Bonchev–Trinajstić information content (AvgIpc) is 3.21. The molecule has 158 valence electrons. The van der Waals surface area contributed by atoms with Gasteiger partial charge in [-0.2, -0.15) is 0 Å². The standard InChI is InChI=1S/C25H29ClN2O2/c1-16-5-8-20(13-21(16)26)22(30)12-18(15-29)11-17-6-9-19(10-7-17)24-27-14-23(28-24)25(2,3)4/h5-10,13-14,18,29H,11-12,15H2,1-4H3,(H,27,28)/t18-/m1/s1. The number of nitrogens with zero attached hydrogens (tertiary/aromatic N) is 1. The number of nitrogens with one attached hydrogen (secondary N) is 1. The predicted octanol–water partition coefficient (Wildman–Crippen LogP) is 5.76. The van der Waals surface area contributed by atoms with Crippen LogP contribution < -0.4 is 0 Å². The average molecular weight is 425 g/mol. The van der Waals surface area contributed by atoms with Crippen LogP contribution in [-0.4, -0.2) is 27.5 Å². The zero-order chi connectivity index (χ0) is 21.9. The second kappa shape index (κ2) is 9.15. The van der Waals surface area contributed by atoms with Crippen LogP contribution in [0.15, 0.2) is 48.7 Å². The van der Waals surface area contributed by atoms with E-state index in [0.29, 0.717) is 17.0 Å². The van der Waals surface area contributed by atoms with Crippen molar-refractivity contribution in [3.8, 4) is 11.4 Å². The molecular weight excluding hydrogens is 396 g/mol. The van der Waals surface area contributed by atoms with Gasteiger partial charge in [0.15, 0.2) is 5.78 Å². The van der Waals surface area contributed by atoms with Crippen molar-refractivity contribution in [3.05, 3.63) is 76.1 Å². The van der Waals surface area contributed by atoms with Crippen LogP contribution in [0.3, 0.4) is 0 Å². The first-order valence-electron chi connectivity index (χ1n) is 10.2. The zero-order valence-electron chi connectivity index (χ0n) is 18.0. The van der Waals surface area contributed by atoms with Crippen LogP contribution in [0.4, 0.5) is 0 Å². The van der Waals surface area contributed by atoms with Crippen molar-refractivity contribution in [2.75, 3.05) is 6.61 Å². The molecular formula is C25H29ClN2O2. The Labute approximate surface area is 183 Å². The second-order valence-corrected chi connectivity index (χ2v) is 9.34. The van der Waals surface area contributed by atoms with Gasteiger partial charge < -0.3 is 10.1 Å². The van der Waals surface area contributed by atoms with Crippen LogP contribution in [0.5, 0.6) is 0 Å². The molecule has 0 radical (unpaired) electrons. The van der Waals surface area contributed by atoms with E-state index in [9.17, 15) is 9.90 Å². The number of H-pyrrole nitrogens is 1. The molecule has 0 fully saturated rings. The maximum atomic E-state index is 12.6. The molecule has 0 spiro atoms. The van der Waals surface area contributed by atoms with Gasteiger partial charge in [0.05, 0.1) is 0 Å². The van der Waals surface area contributed by atoms with Crippen LogP contribution in [0, 0.1) is 12.8 Å². The number of Topliss-reactive ketones (excluding diaryl/α,β-unsaturated/α-hetero) is 1. The van der Waals surface area contributed by atoms with Gasteiger partial charge in [-0.3, -0.25) is 4.79 Å².